The average molecular weight is 736 g/mol. The number of carboxylic acid groups (broad SMARTS) is 2. The molecule has 0 aliphatic heterocycles. The van der Waals surface area contributed by atoms with Crippen LogP contribution in [0, 0.1) is 0 Å². The van der Waals surface area contributed by atoms with Gasteiger partial charge in [0.1, 0.15) is 0 Å². The van der Waals surface area contributed by atoms with E-state index < -0.39 is 51.5 Å². The summed E-state index contributed by atoms with van der Waals surface area (Å²) in [5.74, 6) is -2.31. The van der Waals surface area contributed by atoms with Gasteiger partial charge in [-0.2, -0.15) is 0 Å². The predicted molar refractivity (Wildman–Crippen MR) is 165 cm³/mol. The van der Waals surface area contributed by atoms with E-state index in [1.807, 2.05) is 0 Å². The van der Waals surface area contributed by atoms with Crippen molar-refractivity contribution in [2.45, 2.75) is 152 Å². The molecule has 0 aromatic carbocycles. The van der Waals surface area contributed by atoms with Crippen molar-refractivity contribution in [2.75, 3.05) is 0 Å². The van der Waals surface area contributed by atoms with Gasteiger partial charge < -0.3 is 19.8 Å². The standard InChI is InChI=1S/C4H6O2.6C4H9.C3H4O2.2Sn/c1-2-3-4(5)6;6*1-3-4-2;1-2-3(4)5;;/h2H,1,3H2,(H,5,6);6*1,3-4H2,2H3;2H,1H2,(H,4,5);;/q;;;;;;;;2*+1/p-2. The fourth-order valence-electron chi connectivity index (χ4n) is 3.43. The summed E-state index contributed by atoms with van der Waals surface area (Å²) < 4.78 is 10.1. The van der Waals surface area contributed by atoms with Crippen molar-refractivity contribution >= 4 is 51.5 Å². The zero-order chi connectivity index (χ0) is 29.2. The molecule has 0 rings (SSSR count). The van der Waals surface area contributed by atoms with Crippen LogP contribution in [0.2, 0.25) is 26.6 Å². The Morgan fingerprint density at radius 3 is 0.865 bits per heavy atom. The Balaban J connectivity index is -0.000000212. The molecule has 0 atom stereocenters. The van der Waals surface area contributed by atoms with E-state index in [2.05, 4.69) is 54.7 Å². The molecule has 0 aliphatic carbocycles. The average Bonchev–Trinajstić information content (AvgIpc) is 2.88. The molecule has 0 aliphatic rings. The van der Waals surface area contributed by atoms with Crippen LogP contribution in [0.15, 0.2) is 25.3 Å². The molecular weight excluding hydrogens is 674 g/mol. The summed E-state index contributed by atoms with van der Waals surface area (Å²) in [5, 5.41) is 18.6. The summed E-state index contributed by atoms with van der Waals surface area (Å²) in [5.41, 5.74) is 0. The normalized spacial score (nSPS) is 9.35. The van der Waals surface area contributed by atoms with Gasteiger partial charge in [0.25, 0.3) is 0 Å². The van der Waals surface area contributed by atoms with Gasteiger partial charge in [-0.15, -0.1) is 6.58 Å². The van der Waals surface area contributed by atoms with Crippen molar-refractivity contribution in [2.24, 2.45) is 0 Å². The third-order valence-corrected chi connectivity index (χ3v) is 23.9. The summed E-state index contributed by atoms with van der Waals surface area (Å²) in [6, 6.07) is 0. The Morgan fingerprint density at radius 2 is 0.784 bits per heavy atom. The minimum atomic E-state index is -1.23. The van der Waals surface area contributed by atoms with E-state index in [0.717, 1.165) is 6.08 Å². The molecule has 4 nitrogen and oxygen atoms in total. The number of hydrogen-bond donors (Lipinski definition) is 0. The van der Waals surface area contributed by atoms with Crippen molar-refractivity contribution in [1.29, 1.82) is 0 Å². The Kier molecular flexibility index (Phi) is 48.2. The molecule has 0 aromatic heterocycles. The van der Waals surface area contributed by atoms with Crippen LogP contribution in [-0.4, -0.2) is 51.5 Å². The molecular formula is C31H62O4Sn2. The number of carboxylic acids is 2. The van der Waals surface area contributed by atoms with E-state index in [4.69, 9.17) is 9.90 Å². The number of aliphatic carboxylic acids is 2. The van der Waals surface area contributed by atoms with Crippen molar-refractivity contribution in [3.05, 3.63) is 25.3 Å². The van der Waals surface area contributed by atoms with Gasteiger partial charge >= 0.3 is 185 Å². The Labute approximate surface area is 246 Å². The maximum absolute atomic E-state index is 9.42. The number of carbonyl (C=O) groups is 2. The molecule has 6 heteroatoms. The molecule has 0 spiro atoms. The van der Waals surface area contributed by atoms with Gasteiger partial charge in [0, 0.05) is 12.4 Å². The molecule has 0 heterocycles. The molecule has 0 saturated heterocycles. The summed E-state index contributed by atoms with van der Waals surface area (Å²) in [4.78, 5) is 18.6. The SMILES string of the molecule is C=CC(=O)[O-].C=CCC(=O)[O-].CCC[CH2][Sn+]([CH2]CCC)[CH2]CCC.CCC[CH2][Sn+]([CH2]CCC)[CH2]CCC. The van der Waals surface area contributed by atoms with Crippen molar-refractivity contribution in [3.63, 3.8) is 0 Å². The number of unbranched alkanes of at least 4 members (excludes halogenated alkanes) is 6. The molecule has 0 saturated carbocycles. The molecule has 0 aromatic rings. The maximum atomic E-state index is 9.42. The van der Waals surface area contributed by atoms with Crippen LogP contribution in [0.5, 0.6) is 0 Å². The quantitative estimate of drug-likeness (QED) is 0.0680. The van der Waals surface area contributed by atoms with E-state index >= 15 is 0 Å². The van der Waals surface area contributed by atoms with E-state index in [1.54, 1.807) is 26.6 Å². The summed E-state index contributed by atoms with van der Waals surface area (Å²) >= 11 is -1.68. The zero-order valence-corrected chi connectivity index (χ0v) is 31.3. The van der Waals surface area contributed by atoms with E-state index in [0.29, 0.717) is 0 Å². The molecule has 0 amide bonds. The predicted octanol–water partition coefficient (Wildman–Crippen LogP) is 8.00. The summed E-state index contributed by atoms with van der Waals surface area (Å²) in [7, 11) is 0. The number of hydrogen-bond acceptors (Lipinski definition) is 4. The van der Waals surface area contributed by atoms with Crippen LogP contribution < -0.4 is 10.2 Å². The molecule has 0 N–H and O–H groups in total. The second-order valence-electron chi connectivity index (χ2n) is 9.51. The van der Waals surface area contributed by atoms with Gasteiger partial charge in [0.05, 0.1) is 5.97 Å². The van der Waals surface area contributed by atoms with Crippen LogP contribution in [0.3, 0.4) is 0 Å². The van der Waals surface area contributed by atoms with E-state index in [-0.39, 0.29) is 6.42 Å². The molecule has 218 valence electrons. The van der Waals surface area contributed by atoms with Crippen molar-refractivity contribution in [3.8, 4) is 0 Å². The van der Waals surface area contributed by atoms with Gasteiger partial charge in [-0.25, -0.2) is 0 Å². The van der Waals surface area contributed by atoms with Crippen molar-refractivity contribution < 1.29 is 19.8 Å². The van der Waals surface area contributed by atoms with Crippen LogP contribution >= 0.6 is 0 Å². The van der Waals surface area contributed by atoms with Crippen LogP contribution in [0.4, 0.5) is 0 Å². The van der Waals surface area contributed by atoms with Crippen molar-refractivity contribution in [1.82, 2.24) is 0 Å². The zero-order valence-electron chi connectivity index (χ0n) is 25.6. The van der Waals surface area contributed by atoms with Gasteiger partial charge in [0.15, 0.2) is 0 Å². The molecule has 0 bridgehead atoms. The third kappa shape index (κ3) is 49.5. The fourth-order valence-corrected chi connectivity index (χ4v) is 22.3. The van der Waals surface area contributed by atoms with Crippen LogP contribution in [0.1, 0.15) is 125 Å². The first-order chi connectivity index (χ1) is 17.7. The topological polar surface area (TPSA) is 80.3 Å². The second kappa shape index (κ2) is 40.5. The Bertz CT molecular complexity index is 422. The molecule has 0 radical (unpaired) electrons. The summed E-state index contributed by atoms with van der Waals surface area (Å²) in [6.07, 6.45) is 19.6. The van der Waals surface area contributed by atoms with Crippen LogP contribution in [0.25, 0.3) is 0 Å². The Hall–Kier alpha value is 0.0174. The number of rotatable bonds is 21. The Morgan fingerprint density at radius 1 is 0.568 bits per heavy atom. The third-order valence-electron chi connectivity index (χ3n) is 5.78. The first-order valence-corrected chi connectivity index (χ1v) is 27.2. The molecule has 0 fully saturated rings. The molecule has 37 heavy (non-hydrogen) atoms. The first kappa shape index (κ1) is 44.0. The van der Waals surface area contributed by atoms with Gasteiger partial charge in [-0.3, -0.25) is 0 Å². The fraction of sp³-hybridized carbons (Fsp3) is 0.806. The minimum absolute atomic E-state index is 0.0556. The number of carbonyl (C=O) groups excluding carboxylic acids is 2. The van der Waals surface area contributed by atoms with Gasteiger partial charge in [-0.1, -0.05) is 12.7 Å². The second-order valence-corrected chi connectivity index (χ2v) is 26.6. The van der Waals surface area contributed by atoms with Gasteiger partial charge in [0.2, 0.25) is 0 Å². The van der Waals surface area contributed by atoms with Crippen LogP contribution in [-0.2, 0) is 9.59 Å². The van der Waals surface area contributed by atoms with E-state index in [9.17, 15) is 9.90 Å². The van der Waals surface area contributed by atoms with E-state index in [1.165, 1.54) is 83.1 Å². The molecule has 0 unspecified atom stereocenters. The first-order valence-electron chi connectivity index (χ1n) is 15.0. The summed E-state index contributed by atoms with van der Waals surface area (Å²) in [6.45, 7) is 20.1. The van der Waals surface area contributed by atoms with Gasteiger partial charge in [-0.05, 0) is 6.08 Å². The monoisotopic (exact) mass is 738 g/mol.